The number of likely N-dealkylation sites (N-methyl/N-ethyl adjacent to an activating group) is 1. The second kappa shape index (κ2) is 24.4. The maximum Gasteiger partial charge on any atom is 0.326 e. The maximum atomic E-state index is 12.4. The topological polar surface area (TPSA) is 327 Å². The number of aliphatic hydroxyl groups is 2. The van der Waals surface area contributed by atoms with Gasteiger partial charge in [-0.05, 0) is 58.9 Å². The van der Waals surface area contributed by atoms with Crippen LogP contribution < -0.4 is 31.9 Å². The molecule has 50 heavy (non-hydrogen) atoms. The number of carbonyl (C=O) groups is 9. The number of Topliss-reactive ketones (excluding diaryl/α,β-unsaturated/α-hetero) is 1. The van der Waals surface area contributed by atoms with Crippen molar-refractivity contribution < 1.29 is 68.7 Å². The molecule has 0 aromatic rings. The van der Waals surface area contributed by atoms with Gasteiger partial charge in [0.25, 0.3) is 0 Å². The first-order valence-electron chi connectivity index (χ1n) is 16.0. The first-order valence-corrected chi connectivity index (χ1v) is 16.0. The highest BCUT2D eigenvalue weighted by molar-refractivity contribution is 5.87. The number of nitrogens with one attached hydrogen (secondary N) is 6. The molecule has 0 aromatic carbocycles. The van der Waals surface area contributed by atoms with E-state index in [-0.39, 0.29) is 37.5 Å². The highest BCUT2D eigenvalue weighted by Crippen LogP contribution is 2.08. The Hall–Kier alpha value is -4.69. The number of hydrogen-bond donors (Lipinski definition) is 11. The van der Waals surface area contributed by atoms with Crippen molar-refractivity contribution in [3.8, 4) is 0 Å². The van der Waals surface area contributed by atoms with Gasteiger partial charge in [-0.25, -0.2) is 14.4 Å². The fraction of sp³-hybridized carbons (Fsp3) is 0.700. The van der Waals surface area contributed by atoms with Gasteiger partial charge in [0.1, 0.15) is 23.9 Å². The molecule has 0 aliphatic carbocycles. The van der Waals surface area contributed by atoms with Crippen molar-refractivity contribution in [3.05, 3.63) is 0 Å². The Kier molecular flexibility index (Phi) is 22.2. The number of aliphatic hydroxyl groups excluding tert-OH is 1. The number of unbranched alkanes of at least 4 members (excludes halogenated alkanes) is 1. The Morgan fingerprint density at radius 2 is 0.940 bits per heavy atom. The van der Waals surface area contributed by atoms with Crippen molar-refractivity contribution in [1.29, 1.82) is 0 Å². The van der Waals surface area contributed by atoms with Crippen LogP contribution in [0.4, 0.5) is 0 Å². The van der Waals surface area contributed by atoms with Crippen LogP contribution in [0.15, 0.2) is 0 Å². The zero-order chi connectivity index (χ0) is 38.4. The summed E-state index contributed by atoms with van der Waals surface area (Å²) in [7, 11) is 1.68. The van der Waals surface area contributed by atoms with Crippen molar-refractivity contribution in [1.82, 2.24) is 31.9 Å². The molecule has 0 aromatic heterocycles. The van der Waals surface area contributed by atoms with Gasteiger partial charge in [0.15, 0.2) is 6.29 Å². The lowest BCUT2D eigenvalue weighted by Crippen LogP contribution is -2.46. The van der Waals surface area contributed by atoms with E-state index in [1.54, 1.807) is 7.05 Å². The quantitative estimate of drug-likeness (QED) is 0.0300. The summed E-state index contributed by atoms with van der Waals surface area (Å²) in [6, 6.07) is -6.07. The van der Waals surface area contributed by atoms with Gasteiger partial charge in [0.05, 0.1) is 12.1 Å². The van der Waals surface area contributed by atoms with Crippen LogP contribution in [0.1, 0.15) is 84.5 Å². The predicted molar refractivity (Wildman–Crippen MR) is 172 cm³/mol. The van der Waals surface area contributed by atoms with E-state index < -0.39 is 104 Å². The van der Waals surface area contributed by atoms with Crippen LogP contribution in [0.2, 0.25) is 0 Å². The first-order chi connectivity index (χ1) is 23.4. The summed E-state index contributed by atoms with van der Waals surface area (Å²) in [6.07, 6.45) is -3.31. The lowest BCUT2D eigenvalue weighted by Gasteiger charge is -2.22. The largest absolute Gasteiger partial charge is 0.480 e. The molecule has 284 valence electrons. The Bertz CT molecular complexity index is 1200. The minimum Gasteiger partial charge on any atom is -0.480 e. The van der Waals surface area contributed by atoms with Gasteiger partial charge in [0.2, 0.25) is 29.5 Å². The molecule has 0 spiro atoms. The van der Waals surface area contributed by atoms with E-state index in [9.17, 15) is 63.6 Å². The summed E-state index contributed by atoms with van der Waals surface area (Å²) in [6.45, 7) is 2.88. The van der Waals surface area contributed by atoms with E-state index in [1.165, 1.54) is 6.92 Å². The molecular weight excluding hydrogens is 668 g/mol. The number of amides is 5. The molecule has 20 nitrogen and oxygen atoms in total. The highest BCUT2D eigenvalue weighted by Gasteiger charge is 2.27. The van der Waals surface area contributed by atoms with Crippen molar-refractivity contribution in [2.45, 2.75) is 121 Å². The summed E-state index contributed by atoms with van der Waals surface area (Å²) in [4.78, 5) is 106. The van der Waals surface area contributed by atoms with E-state index in [4.69, 9.17) is 5.11 Å². The lowest BCUT2D eigenvalue weighted by atomic mass is 10.1. The second-order valence-electron chi connectivity index (χ2n) is 11.5. The van der Waals surface area contributed by atoms with Crippen molar-refractivity contribution in [3.63, 3.8) is 0 Å². The van der Waals surface area contributed by atoms with Crippen molar-refractivity contribution in [2.24, 2.45) is 0 Å². The lowest BCUT2D eigenvalue weighted by molar-refractivity contribution is -0.143. The second-order valence-corrected chi connectivity index (χ2v) is 11.5. The van der Waals surface area contributed by atoms with E-state index in [1.807, 2.05) is 0 Å². The molecule has 5 unspecified atom stereocenters. The molecule has 0 radical (unpaired) electrons. The first kappa shape index (κ1) is 45.3. The van der Waals surface area contributed by atoms with Gasteiger partial charge in [-0.1, -0.05) is 0 Å². The number of aliphatic carboxylic acids is 3. The van der Waals surface area contributed by atoms with Gasteiger partial charge in [0, 0.05) is 39.2 Å². The van der Waals surface area contributed by atoms with Gasteiger partial charge in [-0.15, -0.1) is 0 Å². The summed E-state index contributed by atoms with van der Waals surface area (Å²) >= 11 is 0. The normalized spacial score (nSPS) is 13.9. The molecular formula is C30H50N6O14. The Morgan fingerprint density at radius 3 is 1.34 bits per heavy atom. The maximum absolute atomic E-state index is 12.4. The molecule has 0 aliphatic heterocycles. The molecule has 5 atom stereocenters. The van der Waals surface area contributed by atoms with Crippen LogP contribution in [0.25, 0.3) is 0 Å². The molecule has 20 heteroatoms. The number of carboxylic acid groups (broad SMARTS) is 3. The number of ketones is 1. The Balaban J connectivity index is 4.78. The van der Waals surface area contributed by atoms with E-state index in [0.717, 1.165) is 6.92 Å². The molecule has 0 rings (SSSR count). The van der Waals surface area contributed by atoms with Crippen LogP contribution in [0, 0.1) is 0 Å². The minimum absolute atomic E-state index is 0.00643. The van der Waals surface area contributed by atoms with E-state index >= 15 is 0 Å². The van der Waals surface area contributed by atoms with Crippen LogP contribution in [-0.2, 0) is 43.2 Å². The summed E-state index contributed by atoms with van der Waals surface area (Å²) in [5.41, 5.74) is 0. The number of carboxylic acids is 3. The third kappa shape index (κ3) is 20.6. The number of rotatable bonds is 27. The third-order valence-corrected chi connectivity index (χ3v) is 7.39. The highest BCUT2D eigenvalue weighted by atomic mass is 16.5. The molecule has 0 fully saturated rings. The van der Waals surface area contributed by atoms with Crippen LogP contribution in [0.3, 0.4) is 0 Å². The van der Waals surface area contributed by atoms with Crippen molar-refractivity contribution >= 4 is 53.2 Å². The Morgan fingerprint density at radius 1 is 0.520 bits per heavy atom. The molecule has 0 saturated carbocycles. The van der Waals surface area contributed by atoms with Crippen LogP contribution >= 0.6 is 0 Å². The third-order valence-electron chi connectivity index (χ3n) is 7.39. The number of hydrogen-bond acceptors (Lipinski definition) is 12. The van der Waals surface area contributed by atoms with Crippen LogP contribution in [0.5, 0.6) is 0 Å². The minimum atomic E-state index is -2.15. The van der Waals surface area contributed by atoms with Gasteiger partial charge < -0.3 is 57.4 Å². The molecule has 0 aliphatic rings. The average Bonchev–Trinajstić information content (AvgIpc) is 3.02. The fourth-order valence-electron chi connectivity index (χ4n) is 4.58. The van der Waals surface area contributed by atoms with E-state index in [0.29, 0.717) is 25.8 Å². The molecule has 0 saturated heterocycles. The fourth-order valence-corrected chi connectivity index (χ4v) is 4.58. The van der Waals surface area contributed by atoms with Gasteiger partial charge in [-0.3, -0.25) is 28.8 Å². The molecule has 0 bridgehead atoms. The zero-order valence-electron chi connectivity index (χ0n) is 28.4. The number of carbonyl (C=O) groups excluding carboxylic acids is 6. The smallest absolute Gasteiger partial charge is 0.326 e. The summed E-state index contributed by atoms with van der Waals surface area (Å²) < 4.78 is 0. The predicted octanol–water partition coefficient (Wildman–Crippen LogP) is -2.91. The molecule has 11 N–H and O–H groups in total. The van der Waals surface area contributed by atoms with Crippen LogP contribution in [-0.4, -0.2) is 129 Å². The molecule has 5 amide bonds. The zero-order valence-corrected chi connectivity index (χ0v) is 28.4. The average molecular weight is 719 g/mol. The standard InChI is InChI=1S/C30H50N6O14/c1-16(37)18(31-3)6-4-5-15-32-23(39)11-7-20(28(45)46)34-25(41)13-9-22(30(49)50)36-26(42)14-10-21(29(47)48)35-24(40)12-8-19(27(43)44)33-17(2)38/h18-22,30-31,49-50H,4-15H2,1-3H3,(H,32,39)(H,33,38)(H,34,41)(H,35,40)(H,36,42)(H,43,44)(H,45,46)(H,47,48). The van der Waals surface area contributed by atoms with Crippen molar-refractivity contribution in [2.75, 3.05) is 13.6 Å². The SMILES string of the molecule is CNC(CCCCNC(=O)CCC(NC(=O)CCC(NC(=O)CCC(NC(=O)CCC(NC(C)=O)C(=O)O)C(=O)O)C(O)O)C(=O)O)C(C)=O. The molecule has 0 heterocycles. The Labute approximate surface area is 288 Å². The summed E-state index contributed by atoms with van der Waals surface area (Å²) in [5.74, 6) is -7.93. The van der Waals surface area contributed by atoms with E-state index in [2.05, 4.69) is 31.9 Å². The summed E-state index contributed by atoms with van der Waals surface area (Å²) in [5, 5.41) is 61.6. The van der Waals surface area contributed by atoms with Gasteiger partial charge >= 0.3 is 17.9 Å². The van der Waals surface area contributed by atoms with Gasteiger partial charge in [-0.2, -0.15) is 0 Å². The monoisotopic (exact) mass is 718 g/mol.